The molecule has 3 N–H and O–H groups in total. The number of rotatable bonds is 76. The first-order valence-electron chi connectivity index (χ1n) is 40.1. The summed E-state index contributed by atoms with van der Waals surface area (Å²) in [5.74, 6) is -0.0162. The zero-order chi connectivity index (χ0) is 62.8. The number of esters is 1. The van der Waals surface area contributed by atoms with Gasteiger partial charge in [-0.15, -0.1) is 0 Å². The number of ether oxygens (including phenoxy) is 1. The SMILES string of the molecule is CCCCCC/C=C\C/C=C\CCCCCCCC(=O)OCCCCCCCCCCCCCCCCCCCCCCCCCCCCCCCCCCC(=O)NC(CO)C(O)CCCCCCCCCCCCCCCCCCCCCCCC. The highest BCUT2D eigenvalue weighted by molar-refractivity contribution is 5.76. The highest BCUT2D eigenvalue weighted by Gasteiger charge is 2.20. The molecule has 6 nitrogen and oxygen atoms in total. The van der Waals surface area contributed by atoms with Crippen molar-refractivity contribution in [2.75, 3.05) is 13.2 Å². The van der Waals surface area contributed by atoms with Crippen molar-refractivity contribution >= 4 is 11.9 Å². The molecule has 0 saturated carbocycles. The van der Waals surface area contributed by atoms with E-state index in [4.69, 9.17) is 4.74 Å². The van der Waals surface area contributed by atoms with Crippen LogP contribution < -0.4 is 5.32 Å². The zero-order valence-corrected chi connectivity index (χ0v) is 59.3. The van der Waals surface area contributed by atoms with Gasteiger partial charge in [0.15, 0.2) is 0 Å². The smallest absolute Gasteiger partial charge is 0.305 e. The van der Waals surface area contributed by atoms with E-state index in [1.54, 1.807) is 0 Å². The fourth-order valence-electron chi connectivity index (χ4n) is 12.9. The molecule has 0 radical (unpaired) electrons. The number of nitrogens with one attached hydrogen (secondary N) is 1. The van der Waals surface area contributed by atoms with Crippen LogP contribution in [0.25, 0.3) is 0 Å². The minimum Gasteiger partial charge on any atom is -0.466 e. The summed E-state index contributed by atoms with van der Waals surface area (Å²) in [7, 11) is 0. The minimum absolute atomic E-state index is 0.00873. The number of carbonyl (C=O) groups is 2. The van der Waals surface area contributed by atoms with Crippen molar-refractivity contribution in [1.29, 1.82) is 0 Å². The molecule has 1 amide bonds. The lowest BCUT2D eigenvalue weighted by molar-refractivity contribution is -0.143. The number of aliphatic hydroxyl groups excluding tert-OH is 2. The standard InChI is InChI=1S/C81H157NO5/c1-3-5-7-9-11-13-15-17-19-21-22-23-36-39-42-45-49-53-57-61-65-69-73-79(84)78(77-83)82-80(85)74-70-66-62-58-54-50-46-43-40-37-34-32-30-28-26-24-25-27-29-31-33-35-38-41-44-48-52-56-60-64-68-72-76-87-81(86)75-71-67-63-59-55-51-47-20-18-16-14-12-10-8-6-4-2/h14,16,20,47,78-79,83-84H,3-13,15,17-19,21-46,48-77H2,1-2H3,(H,82,85)/b16-14-,47-20-. The molecule has 0 aromatic heterocycles. The zero-order valence-electron chi connectivity index (χ0n) is 59.3. The van der Waals surface area contributed by atoms with Gasteiger partial charge in [-0.25, -0.2) is 0 Å². The maximum Gasteiger partial charge on any atom is 0.305 e. The molecule has 0 aliphatic heterocycles. The molecule has 0 spiro atoms. The Morgan fingerprint density at radius 1 is 0.322 bits per heavy atom. The highest BCUT2D eigenvalue weighted by Crippen LogP contribution is 2.20. The number of hydrogen-bond donors (Lipinski definition) is 3. The molecule has 0 rings (SSSR count). The van der Waals surface area contributed by atoms with Crippen LogP contribution in [0.5, 0.6) is 0 Å². The van der Waals surface area contributed by atoms with Crippen LogP contribution in [0.2, 0.25) is 0 Å². The van der Waals surface area contributed by atoms with Gasteiger partial charge in [0.25, 0.3) is 0 Å². The van der Waals surface area contributed by atoms with Gasteiger partial charge in [0, 0.05) is 12.8 Å². The van der Waals surface area contributed by atoms with E-state index >= 15 is 0 Å². The van der Waals surface area contributed by atoms with E-state index in [1.807, 2.05) is 0 Å². The predicted octanol–water partition coefficient (Wildman–Crippen LogP) is 26.4. The topological polar surface area (TPSA) is 95.9 Å². The Bertz CT molecular complexity index is 1360. The molecule has 0 bridgehead atoms. The van der Waals surface area contributed by atoms with Crippen molar-refractivity contribution in [3.05, 3.63) is 24.3 Å². The molecule has 87 heavy (non-hydrogen) atoms. The molecule has 6 heteroatoms. The lowest BCUT2D eigenvalue weighted by Crippen LogP contribution is -2.45. The van der Waals surface area contributed by atoms with Gasteiger partial charge in [-0.1, -0.05) is 411 Å². The van der Waals surface area contributed by atoms with Gasteiger partial charge >= 0.3 is 5.97 Å². The molecule has 2 atom stereocenters. The highest BCUT2D eigenvalue weighted by atomic mass is 16.5. The largest absolute Gasteiger partial charge is 0.466 e. The van der Waals surface area contributed by atoms with E-state index < -0.39 is 12.1 Å². The minimum atomic E-state index is -0.662. The number of aliphatic hydroxyl groups is 2. The molecule has 2 unspecified atom stereocenters. The van der Waals surface area contributed by atoms with Gasteiger partial charge in [0.2, 0.25) is 5.91 Å². The van der Waals surface area contributed by atoms with Crippen LogP contribution in [-0.2, 0) is 14.3 Å². The second-order valence-corrected chi connectivity index (χ2v) is 27.8. The maximum absolute atomic E-state index is 12.6. The van der Waals surface area contributed by atoms with Crippen LogP contribution in [0.1, 0.15) is 457 Å². The van der Waals surface area contributed by atoms with E-state index in [9.17, 15) is 19.8 Å². The molecule has 0 aromatic rings. The van der Waals surface area contributed by atoms with Crippen LogP contribution in [0.4, 0.5) is 0 Å². The second kappa shape index (κ2) is 76.8. The average molecular weight is 1230 g/mol. The van der Waals surface area contributed by atoms with Gasteiger partial charge < -0.3 is 20.3 Å². The van der Waals surface area contributed by atoms with E-state index in [2.05, 4.69) is 43.5 Å². The van der Waals surface area contributed by atoms with Crippen molar-refractivity contribution in [3.8, 4) is 0 Å². The molecule has 0 aliphatic rings. The Hall–Kier alpha value is -1.66. The summed E-state index contributed by atoms with van der Waals surface area (Å²) in [6, 6.07) is -0.539. The third-order valence-corrected chi connectivity index (χ3v) is 19.0. The van der Waals surface area contributed by atoms with Gasteiger partial charge in [-0.3, -0.25) is 9.59 Å². The summed E-state index contributed by atoms with van der Waals surface area (Å²) < 4.78 is 5.50. The quantitative estimate of drug-likeness (QED) is 0.0320. The summed E-state index contributed by atoms with van der Waals surface area (Å²) >= 11 is 0. The molecule has 0 saturated heterocycles. The fraction of sp³-hybridized carbons (Fsp3) is 0.926. The molecule has 0 heterocycles. The Labute approximate surface area is 545 Å². The van der Waals surface area contributed by atoms with Crippen molar-refractivity contribution in [3.63, 3.8) is 0 Å². The Morgan fingerprint density at radius 2 is 0.575 bits per heavy atom. The monoisotopic (exact) mass is 1220 g/mol. The second-order valence-electron chi connectivity index (χ2n) is 27.8. The number of hydrogen-bond acceptors (Lipinski definition) is 5. The Kier molecular flexibility index (Phi) is 75.3. The van der Waals surface area contributed by atoms with E-state index in [0.29, 0.717) is 25.9 Å². The van der Waals surface area contributed by atoms with Crippen molar-refractivity contribution in [1.82, 2.24) is 5.32 Å². The third-order valence-electron chi connectivity index (χ3n) is 19.0. The van der Waals surface area contributed by atoms with Crippen molar-refractivity contribution < 1.29 is 24.5 Å². The number of unbranched alkanes of at least 4 members (excludes halogenated alkanes) is 61. The van der Waals surface area contributed by atoms with Gasteiger partial charge in [-0.2, -0.15) is 0 Å². The maximum atomic E-state index is 12.6. The number of allylic oxidation sites excluding steroid dienone is 4. The molecule has 0 aliphatic carbocycles. The summed E-state index contributed by atoms with van der Waals surface area (Å²) in [6.07, 6.45) is 98.4. The summed E-state index contributed by atoms with van der Waals surface area (Å²) in [5.41, 5.74) is 0. The van der Waals surface area contributed by atoms with E-state index in [0.717, 1.165) is 51.4 Å². The fourth-order valence-corrected chi connectivity index (χ4v) is 12.9. The summed E-state index contributed by atoms with van der Waals surface area (Å²) in [4.78, 5) is 24.7. The number of carbonyl (C=O) groups excluding carboxylic acids is 2. The van der Waals surface area contributed by atoms with Crippen LogP contribution in [0, 0.1) is 0 Å². The Morgan fingerprint density at radius 3 is 0.885 bits per heavy atom. The van der Waals surface area contributed by atoms with E-state index in [-0.39, 0.29) is 18.5 Å². The molecule has 0 aromatic carbocycles. The van der Waals surface area contributed by atoms with Gasteiger partial charge in [0.1, 0.15) is 0 Å². The number of amides is 1. The predicted molar refractivity (Wildman–Crippen MR) is 384 cm³/mol. The normalized spacial score (nSPS) is 12.6. The first-order chi connectivity index (χ1) is 43.0. The van der Waals surface area contributed by atoms with Crippen LogP contribution in [0.15, 0.2) is 24.3 Å². The Balaban J connectivity index is 3.33. The van der Waals surface area contributed by atoms with Crippen LogP contribution >= 0.6 is 0 Å². The van der Waals surface area contributed by atoms with Crippen LogP contribution in [0.3, 0.4) is 0 Å². The van der Waals surface area contributed by atoms with Crippen LogP contribution in [-0.4, -0.2) is 47.4 Å². The van der Waals surface area contributed by atoms with Gasteiger partial charge in [0.05, 0.1) is 25.4 Å². The summed E-state index contributed by atoms with van der Waals surface area (Å²) in [5, 5.41) is 23.5. The molecule has 516 valence electrons. The lowest BCUT2D eigenvalue weighted by Gasteiger charge is -2.22. The first kappa shape index (κ1) is 85.3. The average Bonchev–Trinajstić information content (AvgIpc) is 3.53. The molecular formula is C81H157NO5. The van der Waals surface area contributed by atoms with E-state index in [1.165, 1.54) is 372 Å². The first-order valence-corrected chi connectivity index (χ1v) is 40.1. The van der Waals surface area contributed by atoms with Crippen molar-refractivity contribution in [2.45, 2.75) is 469 Å². The summed E-state index contributed by atoms with van der Waals surface area (Å²) in [6.45, 7) is 4.98. The van der Waals surface area contributed by atoms with Gasteiger partial charge in [-0.05, 0) is 57.8 Å². The lowest BCUT2D eigenvalue weighted by atomic mass is 10.0. The van der Waals surface area contributed by atoms with Crippen molar-refractivity contribution in [2.24, 2.45) is 0 Å². The third kappa shape index (κ3) is 73.3. The molecule has 0 fully saturated rings. The molecular weight excluding hydrogens is 1070 g/mol.